The maximum atomic E-state index is 3.91. The van der Waals surface area contributed by atoms with Crippen molar-refractivity contribution in [3.05, 3.63) is 31.2 Å². The van der Waals surface area contributed by atoms with E-state index in [0.29, 0.717) is 11.8 Å². The summed E-state index contributed by atoms with van der Waals surface area (Å²) < 4.78 is 0. The average Bonchev–Trinajstić information content (AvgIpc) is 1.85. The first-order valence-electron chi connectivity index (χ1n) is 4.19. The lowest BCUT2D eigenvalue weighted by Crippen LogP contribution is -1.91. The van der Waals surface area contributed by atoms with Crippen molar-refractivity contribution in [2.45, 2.75) is 27.2 Å². The zero-order chi connectivity index (χ0) is 8.85. The van der Waals surface area contributed by atoms with Crippen LogP contribution in [-0.4, -0.2) is 0 Å². The predicted molar refractivity (Wildman–Crippen MR) is 52.3 cm³/mol. The fourth-order valence-electron chi connectivity index (χ4n) is 1.14. The summed E-state index contributed by atoms with van der Waals surface area (Å²) in [6.07, 6.45) is 5.31. The van der Waals surface area contributed by atoms with E-state index in [9.17, 15) is 0 Å². The van der Waals surface area contributed by atoms with Gasteiger partial charge in [0, 0.05) is 0 Å². The zero-order valence-electron chi connectivity index (χ0n) is 7.93. The van der Waals surface area contributed by atoms with Gasteiger partial charge in [0.15, 0.2) is 0 Å². The van der Waals surface area contributed by atoms with Crippen LogP contribution in [0, 0.1) is 18.8 Å². The molecule has 0 aromatic carbocycles. The first kappa shape index (κ1) is 10.5. The summed E-state index contributed by atoms with van der Waals surface area (Å²) in [6, 6.07) is 0. The lowest BCUT2D eigenvalue weighted by atomic mass is 10.00. The third-order valence-electron chi connectivity index (χ3n) is 1.62. The molecule has 11 heavy (non-hydrogen) atoms. The summed E-state index contributed by atoms with van der Waals surface area (Å²) in [5.74, 6) is 1.01. The molecule has 0 saturated heterocycles. The monoisotopic (exact) mass is 151 g/mol. The molecule has 0 heteroatoms. The van der Waals surface area contributed by atoms with Crippen LogP contribution in [-0.2, 0) is 0 Å². The SMILES string of the molecule is [CH2]C(C)C=C(C)CC(C)C=C. The molecule has 0 bridgehead atoms. The molecule has 0 aliphatic heterocycles. The van der Waals surface area contributed by atoms with E-state index in [2.05, 4.69) is 40.3 Å². The molecule has 0 heterocycles. The lowest BCUT2D eigenvalue weighted by molar-refractivity contribution is 0.710. The summed E-state index contributed by atoms with van der Waals surface area (Å²) in [6.45, 7) is 14.1. The number of allylic oxidation sites excluding steroid dienone is 3. The van der Waals surface area contributed by atoms with Gasteiger partial charge in [-0.05, 0) is 32.1 Å². The maximum absolute atomic E-state index is 3.91. The summed E-state index contributed by atoms with van der Waals surface area (Å²) >= 11 is 0. The standard InChI is InChI=1S/C11H19/c1-6-10(4)8-11(5)7-9(2)3/h6-7,9-10H,1-2,8H2,3-5H3. The van der Waals surface area contributed by atoms with Gasteiger partial charge in [-0.2, -0.15) is 0 Å². The average molecular weight is 151 g/mol. The molecule has 0 aromatic heterocycles. The second kappa shape index (κ2) is 5.17. The Labute approximate surface area is 71.0 Å². The number of hydrogen-bond acceptors (Lipinski definition) is 0. The Morgan fingerprint density at radius 3 is 2.36 bits per heavy atom. The van der Waals surface area contributed by atoms with Crippen LogP contribution in [0.4, 0.5) is 0 Å². The summed E-state index contributed by atoms with van der Waals surface area (Å²) in [7, 11) is 0. The van der Waals surface area contributed by atoms with Gasteiger partial charge in [-0.15, -0.1) is 6.58 Å². The van der Waals surface area contributed by atoms with Crippen molar-refractivity contribution in [1.82, 2.24) is 0 Å². The Morgan fingerprint density at radius 2 is 2.00 bits per heavy atom. The number of rotatable bonds is 4. The van der Waals surface area contributed by atoms with E-state index in [1.54, 1.807) is 0 Å². The summed E-state index contributed by atoms with van der Waals surface area (Å²) in [5, 5.41) is 0. The highest BCUT2D eigenvalue weighted by Crippen LogP contribution is 2.13. The van der Waals surface area contributed by atoms with Crippen LogP contribution in [0.25, 0.3) is 0 Å². The molecule has 0 N–H and O–H groups in total. The topological polar surface area (TPSA) is 0 Å². The van der Waals surface area contributed by atoms with Gasteiger partial charge in [0.05, 0.1) is 0 Å². The van der Waals surface area contributed by atoms with Gasteiger partial charge in [0.1, 0.15) is 0 Å². The third kappa shape index (κ3) is 5.90. The van der Waals surface area contributed by atoms with E-state index >= 15 is 0 Å². The highest BCUT2D eigenvalue weighted by molar-refractivity contribution is 5.03. The Balaban J connectivity index is 3.85. The highest BCUT2D eigenvalue weighted by atomic mass is 14.0. The van der Waals surface area contributed by atoms with E-state index < -0.39 is 0 Å². The van der Waals surface area contributed by atoms with Crippen LogP contribution in [0.5, 0.6) is 0 Å². The molecule has 2 unspecified atom stereocenters. The fraction of sp³-hybridized carbons (Fsp3) is 0.545. The molecule has 0 saturated carbocycles. The van der Waals surface area contributed by atoms with Crippen molar-refractivity contribution in [3.8, 4) is 0 Å². The van der Waals surface area contributed by atoms with Crippen molar-refractivity contribution in [3.63, 3.8) is 0 Å². The summed E-state index contributed by atoms with van der Waals surface area (Å²) in [5.41, 5.74) is 1.42. The molecule has 0 aliphatic rings. The molecular weight excluding hydrogens is 132 g/mol. The van der Waals surface area contributed by atoms with Gasteiger partial charge in [-0.3, -0.25) is 0 Å². The minimum absolute atomic E-state index is 0.423. The van der Waals surface area contributed by atoms with Crippen molar-refractivity contribution in [2.75, 3.05) is 0 Å². The van der Waals surface area contributed by atoms with Gasteiger partial charge in [0.2, 0.25) is 0 Å². The van der Waals surface area contributed by atoms with Crippen LogP contribution in [0.1, 0.15) is 27.2 Å². The minimum atomic E-state index is 0.423. The zero-order valence-corrected chi connectivity index (χ0v) is 7.93. The molecule has 0 aliphatic carbocycles. The Morgan fingerprint density at radius 1 is 1.45 bits per heavy atom. The molecule has 63 valence electrons. The van der Waals surface area contributed by atoms with Crippen LogP contribution < -0.4 is 0 Å². The lowest BCUT2D eigenvalue weighted by Gasteiger charge is -2.06. The Bertz CT molecular complexity index is 140. The molecule has 0 amide bonds. The van der Waals surface area contributed by atoms with E-state index in [1.807, 2.05) is 6.08 Å². The molecule has 0 nitrogen and oxygen atoms in total. The third-order valence-corrected chi connectivity index (χ3v) is 1.62. The van der Waals surface area contributed by atoms with E-state index in [0.717, 1.165) is 6.42 Å². The highest BCUT2D eigenvalue weighted by Gasteiger charge is 1.97. The van der Waals surface area contributed by atoms with Gasteiger partial charge in [0.25, 0.3) is 0 Å². The van der Waals surface area contributed by atoms with E-state index in [-0.39, 0.29) is 0 Å². The van der Waals surface area contributed by atoms with Crippen molar-refractivity contribution < 1.29 is 0 Å². The number of hydrogen-bond donors (Lipinski definition) is 0. The Kier molecular flexibility index (Phi) is 4.93. The van der Waals surface area contributed by atoms with Crippen LogP contribution in [0.2, 0.25) is 0 Å². The smallest absolute Gasteiger partial charge is 0.0227 e. The second-order valence-corrected chi connectivity index (χ2v) is 3.41. The quantitative estimate of drug-likeness (QED) is 0.538. The van der Waals surface area contributed by atoms with E-state index in [4.69, 9.17) is 0 Å². The van der Waals surface area contributed by atoms with Crippen LogP contribution >= 0.6 is 0 Å². The first-order chi connectivity index (χ1) is 5.06. The van der Waals surface area contributed by atoms with Crippen LogP contribution in [0.15, 0.2) is 24.3 Å². The van der Waals surface area contributed by atoms with Crippen molar-refractivity contribution >= 4 is 0 Å². The molecule has 0 aromatic rings. The predicted octanol–water partition coefficient (Wildman–Crippen LogP) is 3.62. The van der Waals surface area contributed by atoms with Gasteiger partial charge < -0.3 is 0 Å². The first-order valence-corrected chi connectivity index (χ1v) is 4.19. The molecule has 2 atom stereocenters. The second-order valence-electron chi connectivity index (χ2n) is 3.41. The Hall–Kier alpha value is -0.520. The fourth-order valence-corrected chi connectivity index (χ4v) is 1.14. The molecule has 0 rings (SSSR count). The summed E-state index contributed by atoms with van der Waals surface area (Å²) in [4.78, 5) is 0. The molecule has 0 spiro atoms. The van der Waals surface area contributed by atoms with Gasteiger partial charge in [-0.1, -0.05) is 31.6 Å². The van der Waals surface area contributed by atoms with Crippen molar-refractivity contribution in [1.29, 1.82) is 0 Å². The van der Waals surface area contributed by atoms with E-state index in [1.165, 1.54) is 5.57 Å². The largest absolute Gasteiger partial charge is 0.103 e. The van der Waals surface area contributed by atoms with Crippen LogP contribution in [0.3, 0.4) is 0 Å². The van der Waals surface area contributed by atoms with Gasteiger partial charge in [-0.25, -0.2) is 0 Å². The molecular formula is C11H19. The molecule has 1 radical (unpaired) electrons. The van der Waals surface area contributed by atoms with Gasteiger partial charge >= 0.3 is 0 Å². The normalized spacial score (nSPS) is 15.2. The van der Waals surface area contributed by atoms with Crippen molar-refractivity contribution in [2.24, 2.45) is 11.8 Å². The maximum Gasteiger partial charge on any atom is -0.0227 e. The minimum Gasteiger partial charge on any atom is -0.103 e. The molecule has 0 fully saturated rings.